The Kier molecular flexibility index (Phi) is 3.38. The summed E-state index contributed by atoms with van der Waals surface area (Å²) in [6, 6.07) is 7.85. The first-order valence-electron chi connectivity index (χ1n) is 5.43. The normalized spacial score (nSPS) is 10.7. The summed E-state index contributed by atoms with van der Waals surface area (Å²) >= 11 is 3.38. The van der Waals surface area contributed by atoms with Crippen LogP contribution in [0.3, 0.4) is 0 Å². The molecule has 0 unspecified atom stereocenters. The summed E-state index contributed by atoms with van der Waals surface area (Å²) in [5.41, 5.74) is 7.75. The minimum absolute atomic E-state index is 0.148. The van der Waals surface area contributed by atoms with E-state index in [0.717, 1.165) is 22.2 Å². The molecule has 0 saturated carbocycles. The highest BCUT2D eigenvalue weighted by atomic mass is 79.9. The number of hydrogen-bond donors (Lipinski definition) is 2. The lowest BCUT2D eigenvalue weighted by atomic mass is 10.2. The lowest BCUT2D eigenvalue weighted by Crippen LogP contribution is -2.19. The van der Waals surface area contributed by atoms with Gasteiger partial charge in [-0.3, -0.25) is 9.89 Å². The predicted octanol–water partition coefficient (Wildman–Crippen LogP) is 2.13. The van der Waals surface area contributed by atoms with Crippen LogP contribution in [-0.4, -0.2) is 9.78 Å². The van der Waals surface area contributed by atoms with Crippen LogP contribution in [0.1, 0.15) is 18.2 Å². The van der Waals surface area contributed by atoms with Gasteiger partial charge in [0.1, 0.15) is 5.69 Å². The second-order valence-corrected chi connectivity index (χ2v) is 4.79. The van der Waals surface area contributed by atoms with Crippen molar-refractivity contribution in [3.05, 3.63) is 50.3 Å². The van der Waals surface area contributed by atoms with Gasteiger partial charge < -0.3 is 5.73 Å². The zero-order valence-electron chi connectivity index (χ0n) is 9.53. The monoisotopic (exact) mass is 295 g/mol. The molecule has 0 aliphatic rings. The first-order chi connectivity index (χ1) is 8.11. The third-order valence-electron chi connectivity index (χ3n) is 2.68. The molecule has 0 spiro atoms. The van der Waals surface area contributed by atoms with Crippen molar-refractivity contribution in [1.29, 1.82) is 0 Å². The molecule has 90 valence electrons. The fourth-order valence-corrected chi connectivity index (χ4v) is 1.97. The van der Waals surface area contributed by atoms with E-state index in [4.69, 9.17) is 5.73 Å². The number of nitrogens with one attached hydrogen (secondary N) is 1. The number of nitrogen functional groups attached to an aromatic ring is 1. The Bertz CT molecular complexity index is 568. The number of halogens is 1. The molecule has 0 saturated heterocycles. The number of nitrogens with two attached hydrogens (primary N) is 1. The van der Waals surface area contributed by atoms with Crippen molar-refractivity contribution < 1.29 is 0 Å². The largest absolute Gasteiger partial charge is 0.393 e. The van der Waals surface area contributed by atoms with Gasteiger partial charge in [0.25, 0.3) is 5.56 Å². The molecule has 1 aromatic carbocycles. The molecule has 2 rings (SSSR count). The summed E-state index contributed by atoms with van der Waals surface area (Å²) in [5.74, 6) is 0. The molecule has 3 N–H and O–H groups in total. The lowest BCUT2D eigenvalue weighted by Gasteiger charge is -2.02. The fraction of sp³-hybridized carbons (Fsp3) is 0.250. The van der Waals surface area contributed by atoms with Crippen molar-refractivity contribution in [3.63, 3.8) is 0 Å². The van der Waals surface area contributed by atoms with Crippen LogP contribution in [0.2, 0.25) is 0 Å². The van der Waals surface area contributed by atoms with Crippen molar-refractivity contribution >= 4 is 21.6 Å². The van der Waals surface area contributed by atoms with E-state index < -0.39 is 0 Å². The summed E-state index contributed by atoms with van der Waals surface area (Å²) in [6.45, 7) is 2.47. The average molecular weight is 296 g/mol. The maximum absolute atomic E-state index is 11.8. The molecule has 0 amide bonds. The van der Waals surface area contributed by atoms with Crippen molar-refractivity contribution in [2.45, 2.75) is 19.9 Å². The average Bonchev–Trinajstić information content (AvgIpc) is 2.60. The molecular weight excluding hydrogens is 282 g/mol. The molecule has 17 heavy (non-hydrogen) atoms. The molecule has 0 radical (unpaired) electrons. The molecule has 0 bridgehead atoms. The number of rotatable bonds is 3. The van der Waals surface area contributed by atoms with E-state index in [1.807, 2.05) is 31.2 Å². The van der Waals surface area contributed by atoms with Crippen LogP contribution in [0.5, 0.6) is 0 Å². The first-order valence-corrected chi connectivity index (χ1v) is 6.22. The Hall–Kier alpha value is -1.49. The quantitative estimate of drug-likeness (QED) is 0.911. The Morgan fingerprint density at radius 3 is 2.53 bits per heavy atom. The van der Waals surface area contributed by atoms with Gasteiger partial charge in [-0.05, 0) is 24.1 Å². The molecule has 0 aliphatic carbocycles. The van der Waals surface area contributed by atoms with Gasteiger partial charge >= 0.3 is 0 Å². The van der Waals surface area contributed by atoms with Crippen molar-refractivity contribution in [2.75, 3.05) is 5.73 Å². The first kappa shape index (κ1) is 12.0. The number of benzene rings is 1. The highest BCUT2D eigenvalue weighted by Crippen LogP contribution is 2.11. The van der Waals surface area contributed by atoms with Gasteiger partial charge in [-0.25, -0.2) is 4.68 Å². The molecule has 2 aromatic rings. The third kappa shape index (κ3) is 2.44. The van der Waals surface area contributed by atoms with E-state index in [-0.39, 0.29) is 5.56 Å². The van der Waals surface area contributed by atoms with Gasteiger partial charge in [0.15, 0.2) is 0 Å². The Labute approximate surface area is 108 Å². The topological polar surface area (TPSA) is 63.8 Å². The molecule has 5 heteroatoms. The second kappa shape index (κ2) is 4.79. The second-order valence-electron chi connectivity index (χ2n) is 3.88. The zero-order valence-corrected chi connectivity index (χ0v) is 11.1. The highest BCUT2D eigenvalue weighted by Gasteiger charge is 2.09. The number of anilines is 1. The Morgan fingerprint density at radius 2 is 2.00 bits per heavy atom. The van der Waals surface area contributed by atoms with Crippen LogP contribution >= 0.6 is 15.9 Å². The van der Waals surface area contributed by atoms with Crippen molar-refractivity contribution in [1.82, 2.24) is 9.78 Å². The number of aromatic nitrogens is 2. The van der Waals surface area contributed by atoms with Crippen LogP contribution in [-0.2, 0) is 13.0 Å². The number of H-pyrrole nitrogens is 1. The van der Waals surface area contributed by atoms with E-state index in [9.17, 15) is 4.79 Å². The van der Waals surface area contributed by atoms with Crippen LogP contribution in [0, 0.1) is 0 Å². The number of aromatic amines is 1. The van der Waals surface area contributed by atoms with E-state index >= 15 is 0 Å². The molecule has 4 nitrogen and oxygen atoms in total. The molecule has 0 aliphatic heterocycles. The minimum Gasteiger partial charge on any atom is -0.393 e. The number of aryl methyl sites for hydroxylation is 1. The van der Waals surface area contributed by atoms with Gasteiger partial charge in [-0.15, -0.1) is 0 Å². The summed E-state index contributed by atoms with van der Waals surface area (Å²) in [4.78, 5) is 11.8. The maximum atomic E-state index is 11.8. The number of hydrogen-bond acceptors (Lipinski definition) is 2. The van der Waals surface area contributed by atoms with Crippen molar-refractivity contribution in [3.8, 4) is 0 Å². The van der Waals surface area contributed by atoms with Gasteiger partial charge in [0.2, 0.25) is 0 Å². The molecule has 0 atom stereocenters. The fourth-order valence-electron chi connectivity index (χ4n) is 1.70. The summed E-state index contributed by atoms with van der Waals surface area (Å²) in [7, 11) is 0. The van der Waals surface area contributed by atoms with E-state index in [0.29, 0.717) is 12.2 Å². The van der Waals surface area contributed by atoms with Crippen LogP contribution in [0.25, 0.3) is 0 Å². The minimum atomic E-state index is -0.148. The van der Waals surface area contributed by atoms with Crippen LogP contribution in [0.15, 0.2) is 33.5 Å². The van der Waals surface area contributed by atoms with Crippen LogP contribution < -0.4 is 11.3 Å². The predicted molar refractivity (Wildman–Crippen MR) is 72.1 cm³/mol. The summed E-state index contributed by atoms with van der Waals surface area (Å²) in [5, 5.41) is 3.03. The zero-order chi connectivity index (χ0) is 12.4. The SMILES string of the molecule is CCc1[nH]n(Cc2ccc(Br)cc2)c(=O)c1N. The molecule has 1 heterocycles. The van der Waals surface area contributed by atoms with Crippen LogP contribution in [0.4, 0.5) is 5.69 Å². The smallest absolute Gasteiger partial charge is 0.290 e. The lowest BCUT2D eigenvalue weighted by molar-refractivity contribution is 0.653. The Balaban J connectivity index is 2.30. The highest BCUT2D eigenvalue weighted by molar-refractivity contribution is 9.10. The molecule has 0 fully saturated rings. The summed E-state index contributed by atoms with van der Waals surface area (Å²) < 4.78 is 2.56. The molecule has 1 aromatic heterocycles. The maximum Gasteiger partial charge on any atom is 0.290 e. The third-order valence-corrected chi connectivity index (χ3v) is 3.21. The van der Waals surface area contributed by atoms with Gasteiger partial charge in [-0.2, -0.15) is 0 Å². The summed E-state index contributed by atoms with van der Waals surface area (Å²) in [6.07, 6.45) is 0.731. The standard InChI is InChI=1S/C12H14BrN3O/c1-2-10-11(14)12(17)16(15-10)7-8-3-5-9(13)6-4-8/h3-6,15H,2,7,14H2,1H3. The van der Waals surface area contributed by atoms with Crippen molar-refractivity contribution in [2.24, 2.45) is 0 Å². The Morgan fingerprint density at radius 1 is 1.35 bits per heavy atom. The van der Waals surface area contributed by atoms with E-state index in [1.54, 1.807) is 0 Å². The van der Waals surface area contributed by atoms with Gasteiger partial charge in [-0.1, -0.05) is 35.0 Å². The number of nitrogens with zero attached hydrogens (tertiary/aromatic N) is 1. The molecular formula is C12H14BrN3O. The van der Waals surface area contributed by atoms with Gasteiger partial charge in [0.05, 0.1) is 12.2 Å². The van der Waals surface area contributed by atoms with Gasteiger partial charge in [0, 0.05) is 4.47 Å². The van der Waals surface area contributed by atoms with E-state index in [2.05, 4.69) is 21.0 Å². The van der Waals surface area contributed by atoms with E-state index in [1.165, 1.54) is 4.68 Å².